The molecule has 0 unspecified atom stereocenters. The van der Waals surface area contributed by atoms with Gasteiger partial charge < -0.3 is 25.0 Å². The van der Waals surface area contributed by atoms with Crippen molar-refractivity contribution >= 4 is 11.9 Å². The van der Waals surface area contributed by atoms with Crippen molar-refractivity contribution in [3.8, 4) is 11.5 Å². The third-order valence-electron chi connectivity index (χ3n) is 4.66. The molecular weight excluding hydrogens is 334 g/mol. The zero-order valence-electron chi connectivity index (χ0n) is 15.5. The molecule has 0 aromatic heterocycles. The van der Waals surface area contributed by atoms with Gasteiger partial charge in [-0.25, -0.2) is 0 Å². The molecular formula is C18H27N5O3. The quantitative estimate of drug-likeness (QED) is 0.578. The number of rotatable bonds is 5. The van der Waals surface area contributed by atoms with E-state index in [9.17, 15) is 4.79 Å². The van der Waals surface area contributed by atoms with Gasteiger partial charge in [0.2, 0.25) is 12.7 Å². The molecule has 0 atom stereocenters. The lowest BCUT2D eigenvalue weighted by molar-refractivity contribution is -0.130. The zero-order valence-corrected chi connectivity index (χ0v) is 15.5. The Morgan fingerprint density at radius 3 is 2.65 bits per heavy atom. The molecule has 1 saturated heterocycles. The molecule has 1 fully saturated rings. The van der Waals surface area contributed by atoms with Gasteiger partial charge in [0.05, 0.1) is 0 Å². The number of aliphatic imine (C=N–C) groups is 1. The average molecular weight is 361 g/mol. The summed E-state index contributed by atoms with van der Waals surface area (Å²) in [5.74, 6) is 2.51. The minimum Gasteiger partial charge on any atom is -0.454 e. The second-order valence-corrected chi connectivity index (χ2v) is 6.39. The number of guanidine groups is 1. The number of carbonyl (C=O) groups is 1. The lowest BCUT2D eigenvalue weighted by Crippen LogP contribution is -2.50. The van der Waals surface area contributed by atoms with Crippen molar-refractivity contribution in [2.45, 2.75) is 13.5 Å². The molecule has 0 bridgehead atoms. The Kier molecular flexibility index (Phi) is 6.17. The number of hydrogen-bond donors (Lipinski definition) is 2. The van der Waals surface area contributed by atoms with Gasteiger partial charge in [0, 0.05) is 59.8 Å². The molecule has 2 aliphatic rings. The van der Waals surface area contributed by atoms with Gasteiger partial charge >= 0.3 is 0 Å². The van der Waals surface area contributed by atoms with Gasteiger partial charge in [0.1, 0.15) is 0 Å². The second-order valence-electron chi connectivity index (χ2n) is 6.39. The fourth-order valence-electron chi connectivity index (χ4n) is 3.08. The van der Waals surface area contributed by atoms with Crippen LogP contribution in [0.15, 0.2) is 23.2 Å². The molecule has 1 aromatic carbocycles. The molecule has 2 N–H and O–H groups in total. The van der Waals surface area contributed by atoms with Crippen molar-refractivity contribution in [2.75, 3.05) is 53.1 Å². The van der Waals surface area contributed by atoms with Gasteiger partial charge in [-0.05, 0) is 17.7 Å². The van der Waals surface area contributed by atoms with Crippen molar-refractivity contribution in [1.82, 2.24) is 20.4 Å². The van der Waals surface area contributed by atoms with Gasteiger partial charge in [-0.3, -0.25) is 14.7 Å². The Morgan fingerprint density at radius 1 is 1.15 bits per heavy atom. The van der Waals surface area contributed by atoms with Crippen LogP contribution >= 0.6 is 0 Å². The van der Waals surface area contributed by atoms with E-state index in [1.807, 2.05) is 23.1 Å². The van der Waals surface area contributed by atoms with E-state index in [0.29, 0.717) is 6.54 Å². The van der Waals surface area contributed by atoms with Gasteiger partial charge in [-0.2, -0.15) is 0 Å². The number of benzene rings is 1. The van der Waals surface area contributed by atoms with Crippen molar-refractivity contribution in [3.63, 3.8) is 0 Å². The first-order chi connectivity index (χ1) is 12.7. The number of nitrogens with one attached hydrogen (secondary N) is 2. The molecule has 1 amide bonds. The first-order valence-corrected chi connectivity index (χ1v) is 8.96. The highest BCUT2D eigenvalue weighted by atomic mass is 16.7. The molecule has 142 valence electrons. The summed E-state index contributed by atoms with van der Waals surface area (Å²) in [6.45, 7) is 7.78. The maximum absolute atomic E-state index is 11.4. The van der Waals surface area contributed by atoms with E-state index < -0.39 is 0 Å². The minimum absolute atomic E-state index is 0.163. The van der Waals surface area contributed by atoms with Gasteiger partial charge in [0.15, 0.2) is 17.5 Å². The summed E-state index contributed by atoms with van der Waals surface area (Å²) in [5.41, 5.74) is 1.11. The predicted octanol–water partition coefficient (Wildman–Crippen LogP) is 0.244. The number of nitrogens with zero attached hydrogens (tertiary/aromatic N) is 3. The van der Waals surface area contributed by atoms with Crippen LogP contribution in [0, 0.1) is 0 Å². The smallest absolute Gasteiger partial charge is 0.231 e. The van der Waals surface area contributed by atoms with E-state index in [0.717, 1.165) is 62.3 Å². The Labute approximate surface area is 154 Å². The van der Waals surface area contributed by atoms with E-state index in [-0.39, 0.29) is 12.7 Å². The molecule has 8 nitrogen and oxygen atoms in total. The summed E-state index contributed by atoms with van der Waals surface area (Å²) in [5, 5.41) is 6.64. The molecule has 0 spiro atoms. The highest BCUT2D eigenvalue weighted by Crippen LogP contribution is 2.32. The number of hydrogen-bond acceptors (Lipinski definition) is 5. The van der Waals surface area contributed by atoms with Crippen molar-refractivity contribution in [2.24, 2.45) is 4.99 Å². The topological polar surface area (TPSA) is 78.4 Å². The van der Waals surface area contributed by atoms with Crippen molar-refractivity contribution < 1.29 is 14.3 Å². The number of carbonyl (C=O) groups excluding carboxylic acids is 1. The number of ether oxygens (including phenoxy) is 2. The maximum Gasteiger partial charge on any atom is 0.231 e. The van der Waals surface area contributed by atoms with Crippen LogP contribution < -0.4 is 20.1 Å². The van der Waals surface area contributed by atoms with Crippen LogP contribution in [0.4, 0.5) is 0 Å². The molecule has 0 radical (unpaired) electrons. The van der Waals surface area contributed by atoms with Gasteiger partial charge in [-0.1, -0.05) is 6.07 Å². The lowest BCUT2D eigenvalue weighted by atomic mass is 10.2. The van der Waals surface area contributed by atoms with Gasteiger partial charge in [0.25, 0.3) is 0 Å². The van der Waals surface area contributed by atoms with Crippen LogP contribution in [0.2, 0.25) is 0 Å². The summed E-state index contributed by atoms with van der Waals surface area (Å²) in [4.78, 5) is 19.9. The maximum atomic E-state index is 11.4. The first-order valence-electron chi connectivity index (χ1n) is 8.96. The van der Waals surface area contributed by atoms with E-state index >= 15 is 0 Å². The predicted molar refractivity (Wildman–Crippen MR) is 99.5 cm³/mol. The van der Waals surface area contributed by atoms with Crippen molar-refractivity contribution in [1.29, 1.82) is 0 Å². The van der Waals surface area contributed by atoms with Crippen LogP contribution in [-0.2, 0) is 11.3 Å². The fraction of sp³-hybridized carbons (Fsp3) is 0.556. The lowest BCUT2D eigenvalue weighted by Gasteiger charge is -2.34. The van der Waals surface area contributed by atoms with Crippen LogP contribution in [0.1, 0.15) is 12.5 Å². The largest absolute Gasteiger partial charge is 0.454 e. The first kappa shape index (κ1) is 18.3. The van der Waals surface area contributed by atoms with Gasteiger partial charge in [-0.15, -0.1) is 0 Å². The van der Waals surface area contributed by atoms with Crippen LogP contribution in [0.3, 0.4) is 0 Å². The van der Waals surface area contributed by atoms with Crippen LogP contribution in [0.25, 0.3) is 0 Å². The second kappa shape index (κ2) is 8.75. The summed E-state index contributed by atoms with van der Waals surface area (Å²) >= 11 is 0. The minimum atomic E-state index is 0.163. The molecule has 26 heavy (non-hydrogen) atoms. The monoisotopic (exact) mass is 361 g/mol. The third kappa shape index (κ3) is 4.78. The number of amides is 1. The average Bonchev–Trinajstić information content (AvgIpc) is 3.12. The Bertz CT molecular complexity index is 656. The Morgan fingerprint density at radius 2 is 1.92 bits per heavy atom. The Balaban J connectivity index is 1.37. The SMILES string of the molecule is CN=C(NCCN1CCN(C(C)=O)CC1)NCc1ccc2c(c1)OCO2. The molecule has 0 saturated carbocycles. The highest BCUT2D eigenvalue weighted by Gasteiger charge is 2.18. The summed E-state index contributed by atoms with van der Waals surface area (Å²) in [6.07, 6.45) is 0. The molecule has 2 heterocycles. The fourth-order valence-corrected chi connectivity index (χ4v) is 3.08. The van der Waals surface area contributed by atoms with E-state index in [1.165, 1.54) is 0 Å². The standard InChI is InChI=1S/C18H27N5O3/c1-14(24)23-9-7-22(8-10-23)6-5-20-18(19-2)21-12-15-3-4-16-17(11-15)26-13-25-16/h3-4,11H,5-10,12-13H2,1-2H3,(H2,19,20,21). The molecule has 8 heteroatoms. The normalized spacial score (nSPS) is 17.3. The number of piperazine rings is 1. The molecule has 0 aliphatic carbocycles. The molecule has 2 aliphatic heterocycles. The molecule has 3 rings (SSSR count). The summed E-state index contributed by atoms with van der Waals surface area (Å²) in [7, 11) is 1.76. The number of fused-ring (bicyclic) bond motifs is 1. The highest BCUT2D eigenvalue weighted by molar-refractivity contribution is 5.79. The summed E-state index contributed by atoms with van der Waals surface area (Å²) < 4.78 is 10.7. The van der Waals surface area contributed by atoms with E-state index in [2.05, 4.69) is 20.5 Å². The zero-order chi connectivity index (χ0) is 18.4. The van der Waals surface area contributed by atoms with E-state index in [1.54, 1.807) is 14.0 Å². The third-order valence-corrected chi connectivity index (χ3v) is 4.66. The van der Waals surface area contributed by atoms with E-state index in [4.69, 9.17) is 9.47 Å². The Hall–Kier alpha value is -2.48. The molecule has 1 aromatic rings. The van der Waals surface area contributed by atoms with Crippen LogP contribution in [0.5, 0.6) is 11.5 Å². The van der Waals surface area contributed by atoms with Crippen molar-refractivity contribution in [3.05, 3.63) is 23.8 Å². The summed E-state index contributed by atoms with van der Waals surface area (Å²) in [6, 6.07) is 5.93. The van der Waals surface area contributed by atoms with Crippen LogP contribution in [-0.4, -0.2) is 74.8 Å².